The first-order chi connectivity index (χ1) is 10.0. The number of hydrogen-bond acceptors (Lipinski definition) is 3. The molecule has 106 valence electrons. The maximum Gasteiger partial charge on any atom is 0.125 e. The smallest absolute Gasteiger partial charge is 0.125 e. The van der Waals surface area contributed by atoms with Crippen molar-refractivity contribution in [2.75, 3.05) is 11.1 Å². The van der Waals surface area contributed by atoms with Gasteiger partial charge in [0.15, 0.2) is 0 Å². The molecule has 1 heterocycles. The lowest BCUT2D eigenvalue weighted by Gasteiger charge is -2.13. The summed E-state index contributed by atoms with van der Waals surface area (Å²) in [7, 11) is 0. The van der Waals surface area contributed by atoms with Crippen molar-refractivity contribution in [1.29, 1.82) is 0 Å². The molecule has 0 saturated heterocycles. The van der Waals surface area contributed by atoms with E-state index in [4.69, 9.17) is 5.73 Å². The standard InChI is InChI=1S/C16H13BrFN3/c1-9-4-11(18)7-12(5-9)21-16-13-6-10(17)2-3-15(13)20-8-14(16)19/h2-8H,19H2,1H3,(H,20,21). The first-order valence-corrected chi connectivity index (χ1v) is 7.20. The minimum atomic E-state index is -0.282. The topological polar surface area (TPSA) is 50.9 Å². The second kappa shape index (κ2) is 5.33. The lowest BCUT2D eigenvalue weighted by molar-refractivity contribution is 0.627. The Morgan fingerprint density at radius 2 is 2.00 bits per heavy atom. The molecule has 0 aliphatic rings. The van der Waals surface area contributed by atoms with Gasteiger partial charge in [0, 0.05) is 15.5 Å². The van der Waals surface area contributed by atoms with Crippen LogP contribution in [0.2, 0.25) is 0 Å². The number of anilines is 3. The summed E-state index contributed by atoms with van der Waals surface area (Å²) in [6, 6.07) is 10.6. The predicted molar refractivity (Wildman–Crippen MR) is 88.3 cm³/mol. The van der Waals surface area contributed by atoms with Crippen LogP contribution in [0.5, 0.6) is 0 Å². The molecule has 0 aliphatic heterocycles. The quantitative estimate of drug-likeness (QED) is 0.703. The number of pyridine rings is 1. The van der Waals surface area contributed by atoms with Crippen LogP contribution in [0.1, 0.15) is 5.56 Å². The van der Waals surface area contributed by atoms with Crippen molar-refractivity contribution in [1.82, 2.24) is 4.98 Å². The van der Waals surface area contributed by atoms with Gasteiger partial charge in [0.05, 0.1) is 23.1 Å². The highest BCUT2D eigenvalue weighted by atomic mass is 79.9. The summed E-state index contributed by atoms with van der Waals surface area (Å²) in [6.45, 7) is 1.85. The van der Waals surface area contributed by atoms with Crippen molar-refractivity contribution >= 4 is 43.9 Å². The number of benzene rings is 2. The van der Waals surface area contributed by atoms with Gasteiger partial charge in [-0.25, -0.2) is 4.39 Å². The van der Waals surface area contributed by atoms with E-state index in [0.717, 1.165) is 26.6 Å². The molecule has 3 nitrogen and oxygen atoms in total. The second-order valence-corrected chi connectivity index (χ2v) is 5.81. The predicted octanol–water partition coefficient (Wildman–Crippen LogP) is 4.77. The molecule has 0 radical (unpaired) electrons. The van der Waals surface area contributed by atoms with Gasteiger partial charge in [-0.15, -0.1) is 0 Å². The number of hydrogen-bond donors (Lipinski definition) is 2. The minimum Gasteiger partial charge on any atom is -0.396 e. The van der Waals surface area contributed by atoms with Crippen LogP contribution < -0.4 is 11.1 Å². The van der Waals surface area contributed by atoms with E-state index >= 15 is 0 Å². The molecule has 0 atom stereocenters. The fourth-order valence-corrected chi connectivity index (χ4v) is 2.63. The fraction of sp³-hybridized carbons (Fsp3) is 0.0625. The highest BCUT2D eigenvalue weighted by molar-refractivity contribution is 9.10. The molecular weight excluding hydrogens is 333 g/mol. The maximum atomic E-state index is 13.5. The van der Waals surface area contributed by atoms with Gasteiger partial charge >= 0.3 is 0 Å². The largest absolute Gasteiger partial charge is 0.396 e. The lowest BCUT2D eigenvalue weighted by atomic mass is 10.1. The molecule has 2 aromatic carbocycles. The number of fused-ring (bicyclic) bond motifs is 1. The molecule has 3 rings (SSSR count). The highest BCUT2D eigenvalue weighted by Crippen LogP contribution is 2.32. The Hall–Kier alpha value is -2.14. The number of aromatic nitrogens is 1. The van der Waals surface area contributed by atoms with E-state index in [1.54, 1.807) is 6.20 Å². The van der Waals surface area contributed by atoms with Gasteiger partial charge in [0.2, 0.25) is 0 Å². The molecule has 0 unspecified atom stereocenters. The summed E-state index contributed by atoms with van der Waals surface area (Å²) in [5.41, 5.74) is 9.60. The molecule has 0 spiro atoms. The Morgan fingerprint density at radius 3 is 2.76 bits per heavy atom. The number of nitrogen functional groups attached to an aromatic ring is 1. The Kier molecular flexibility index (Phi) is 3.51. The van der Waals surface area contributed by atoms with Crippen molar-refractivity contribution in [3.63, 3.8) is 0 Å². The van der Waals surface area contributed by atoms with Crippen molar-refractivity contribution in [3.8, 4) is 0 Å². The number of halogens is 2. The van der Waals surface area contributed by atoms with Gasteiger partial charge in [0.1, 0.15) is 5.82 Å². The maximum absolute atomic E-state index is 13.5. The van der Waals surface area contributed by atoms with Gasteiger partial charge in [-0.1, -0.05) is 15.9 Å². The van der Waals surface area contributed by atoms with E-state index in [1.165, 1.54) is 12.1 Å². The van der Waals surface area contributed by atoms with Crippen LogP contribution >= 0.6 is 15.9 Å². The first kappa shape index (κ1) is 13.8. The summed E-state index contributed by atoms with van der Waals surface area (Å²) < 4.78 is 14.4. The third-order valence-corrected chi connectivity index (χ3v) is 3.66. The van der Waals surface area contributed by atoms with Crippen molar-refractivity contribution in [2.45, 2.75) is 6.92 Å². The average Bonchev–Trinajstić information content (AvgIpc) is 2.41. The van der Waals surface area contributed by atoms with Crippen LogP contribution in [0.3, 0.4) is 0 Å². The van der Waals surface area contributed by atoms with Crippen LogP contribution in [0.25, 0.3) is 10.9 Å². The lowest BCUT2D eigenvalue weighted by Crippen LogP contribution is -1.99. The summed E-state index contributed by atoms with van der Waals surface area (Å²) >= 11 is 3.44. The van der Waals surface area contributed by atoms with Crippen molar-refractivity contribution < 1.29 is 4.39 Å². The van der Waals surface area contributed by atoms with Crippen LogP contribution in [-0.2, 0) is 0 Å². The molecule has 3 aromatic rings. The molecule has 21 heavy (non-hydrogen) atoms. The number of aryl methyl sites for hydroxylation is 1. The zero-order valence-corrected chi connectivity index (χ0v) is 12.9. The molecule has 1 aromatic heterocycles. The van der Waals surface area contributed by atoms with E-state index in [1.807, 2.05) is 31.2 Å². The Balaban J connectivity index is 2.15. The number of nitrogens with one attached hydrogen (secondary N) is 1. The van der Waals surface area contributed by atoms with Crippen LogP contribution in [0, 0.1) is 12.7 Å². The van der Waals surface area contributed by atoms with Gasteiger partial charge in [-0.3, -0.25) is 4.98 Å². The van der Waals surface area contributed by atoms with E-state index in [-0.39, 0.29) is 5.82 Å². The average molecular weight is 346 g/mol. The van der Waals surface area contributed by atoms with Crippen LogP contribution in [-0.4, -0.2) is 4.98 Å². The Morgan fingerprint density at radius 1 is 1.19 bits per heavy atom. The number of rotatable bonds is 2. The highest BCUT2D eigenvalue weighted by Gasteiger charge is 2.08. The summed E-state index contributed by atoms with van der Waals surface area (Å²) in [4.78, 5) is 4.30. The summed E-state index contributed by atoms with van der Waals surface area (Å²) in [5.74, 6) is -0.282. The molecule has 0 fully saturated rings. The summed E-state index contributed by atoms with van der Waals surface area (Å²) in [6.07, 6.45) is 1.60. The SMILES string of the molecule is Cc1cc(F)cc(Nc2c(N)cnc3ccc(Br)cc23)c1. The number of nitrogens with zero attached hydrogens (tertiary/aromatic N) is 1. The normalized spacial score (nSPS) is 10.8. The molecule has 5 heteroatoms. The van der Waals surface area contributed by atoms with E-state index in [9.17, 15) is 4.39 Å². The second-order valence-electron chi connectivity index (χ2n) is 4.89. The minimum absolute atomic E-state index is 0.282. The monoisotopic (exact) mass is 345 g/mol. The third kappa shape index (κ3) is 2.83. The molecule has 0 amide bonds. The van der Waals surface area contributed by atoms with Crippen molar-refractivity contribution in [3.05, 3.63) is 58.4 Å². The molecule has 0 saturated carbocycles. The summed E-state index contributed by atoms with van der Waals surface area (Å²) in [5, 5.41) is 4.08. The zero-order chi connectivity index (χ0) is 15.0. The Bertz CT molecular complexity index is 808. The van der Waals surface area contributed by atoms with E-state index < -0.39 is 0 Å². The van der Waals surface area contributed by atoms with Crippen LogP contribution in [0.15, 0.2) is 47.1 Å². The van der Waals surface area contributed by atoms with Gasteiger partial charge < -0.3 is 11.1 Å². The first-order valence-electron chi connectivity index (χ1n) is 6.41. The van der Waals surface area contributed by atoms with Crippen LogP contribution in [0.4, 0.5) is 21.5 Å². The molecular formula is C16H13BrFN3. The molecule has 3 N–H and O–H groups in total. The third-order valence-electron chi connectivity index (χ3n) is 3.17. The van der Waals surface area contributed by atoms with E-state index in [0.29, 0.717) is 11.4 Å². The van der Waals surface area contributed by atoms with Crippen molar-refractivity contribution in [2.24, 2.45) is 0 Å². The Labute approximate surface area is 130 Å². The zero-order valence-electron chi connectivity index (χ0n) is 11.3. The van der Waals surface area contributed by atoms with Gasteiger partial charge in [-0.05, 0) is 48.9 Å². The fourth-order valence-electron chi connectivity index (χ4n) is 2.27. The van der Waals surface area contributed by atoms with Gasteiger partial charge in [-0.2, -0.15) is 0 Å². The number of nitrogens with two attached hydrogens (primary N) is 1. The molecule has 0 aliphatic carbocycles. The van der Waals surface area contributed by atoms with Gasteiger partial charge in [0.25, 0.3) is 0 Å². The van der Waals surface area contributed by atoms with E-state index in [2.05, 4.69) is 26.2 Å². The molecule has 0 bridgehead atoms.